The highest BCUT2D eigenvalue weighted by Crippen LogP contribution is 2.51. The highest BCUT2D eigenvalue weighted by molar-refractivity contribution is 7.86. The molecular weight excluding hydrogens is 949 g/mol. The summed E-state index contributed by atoms with van der Waals surface area (Å²) in [7, 11) is -13.1. The second kappa shape index (κ2) is 25.7. The fraction of sp³-hybridized carbons (Fsp3) is 0.565. The van der Waals surface area contributed by atoms with Crippen molar-refractivity contribution in [2.24, 2.45) is 0 Å². The Morgan fingerprint density at radius 3 is 1.90 bits per heavy atom. The van der Waals surface area contributed by atoms with Crippen LogP contribution in [0.5, 0.6) is 0 Å². The maximum absolute atomic E-state index is 12.4. The topological polar surface area (TPSA) is 266 Å². The van der Waals surface area contributed by atoms with Crippen molar-refractivity contribution < 1.29 is 76.9 Å². The van der Waals surface area contributed by atoms with Gasteiger partial charge in [-0.3, -0.25) is 18.5 Å². The Morgan fingerprint density at radius 2 is 1.35 bits per heavy atom. The smallest absolute Gasteiger partial charge is 0.305 e. The normalized spacial score (nSPS) is 16.9. The van der Waals surface area contributed by atoms with Crippen molar-refractivity contribution in [3.05, 3.63) is 82.6 Å². The number of hydrogen-bond donors (Lipinski definition) is 4. The first-order chi connectivity index (χ1) is 31.9. The third-order valence-electron chi connectivity index (χ3n) is 11.2. The first kappa shape index (κ1) is 56.5. The lowest BCUT2D eigenvalue weighted by Gasteiger charge is -2.30. The van der Waals surface area contributed by atoms with Crippen molar-refractivity contribution in [1.29, 1.82) is 0 Å². The Morgan fingerprint density at radius 1 is 0.779 bits per heavy atom. The number of fused-ring (bicyclic) bond motifs is 2. The molecule has 22 heteroatoms. The lowest BCUT2D eigenvalue weighted by molar-refractivity contribution is -0.138. The number of allylic oxidation sites excluding steroid dienone is 3. The maximum atomic E-state index is 12.4. The predicted octanol–water partition coefficient (Wildman–Crippen LogP) is 4.90. The Hall–Kier alpha value is -4.07. The van der Waals surface area contributed by atoms with Gasteiger partial charge in [0.05, 0.1) is 95.0 Å². The molecule has 4 rings (SSSR count). The fourth-order valence-electron chi connectivity index (χ4n) is 7.84. The summed E-state index contributed by atoms with van der Waals surface area (Å²) in [4.78, 5) is 12.1. The van der Waals surface area contributed by atoms with Gasteiger partial charge in [-0.05, 0) is 85.7 Å². The molecule has 3 aliphatic rings. The van der Waals surface area contributed by atoms with Crippen LogP contribution in [0.3, 0.4) is 0 Å². The summed E-state index contributed by atoms with van der Waals surface area (Å²) in [5.74, 6) is -0.715. The van der Waals surface area contributed by atoms with Crippen LogP contribution in [0.1, 0.15) is 77.2 Å². The number of nitrogens with zero attached hydrogens (tertiary/aromatic N) is 2. The van der Waals surface area contributed by atoms with Gasteiger partial charge in [-0.2, -0.15) is 25.3 Å². The number of carboxylic acid groups (broad SMARTS) is 1. The van der Waals surface area contributed by atoms with Crippen LogP contribution in [-0.4, -0.2) is 147 Å². The minimum absolute atomic E-state index is 0.0252. The number of carboxylic acids is 1. The van der Waals surface area contributed by atoms with Gasteiger partial charge in [-0.25, -0.2) is 4.58 Å². The van der Waals surface area contributed by atoms with Gasteiger partial charge in [0.15, 0.2) is 0 Å². The number of rotatable bonds is 30. The van der Waals surface area contributed by atoms with Gasteiger partial charge in [0.1, 0.15) is 24.6 Å². The molecule has 1 aromatic rings. The third kappa shape index (κ3) is 18.0. The molecule has 1 atom stereocenters. The van der Waals surface area contributed by atoms with E-state index in [0.717, 1.165) is 16.5 Å². The number of carbonyl (C=O) groups is 1. The van der Waals surface area contributed by atoms with E-state index in [-0.39, 0.29) is 81.3 Å². The van der Waals surface area contributed by atoms with Gasteiger partial charge in [0.25, 0.3) is 30.4 Å². The number of ether oxygens (including phenoxy) is 5. The molecule has 0 amide bonds. The highest BCUT2D eigenvalue weighted by atomic mass is 32.2. The van der Waals surface area contributed by atoms with Gasteiger partial charge in [-0.1, -0.05) is 26.8 Å². The van der Waals surface area contributed by atoms with Crippen LogP contribution < -0.4 is 14.8 Å². The first-order valence-corrected chi connectivity index (χ1v) is 27.0. The Balaban J connectivity index is 1.56. The van der Waals surface area contributed by atoms with Crippen LogP contribution >= 0.6 is 0 Å². The molecule has 0 fully saturated rings. The highest BCUT2D eigenvalue weighted by Gasteiger charge is 2.44. The quantitative estimate of drug-likeness (QED) is 0.0393. The largest absolute Gasteiger partial charge is 0.481 e. The van der Waals surface area contributed by atoms with Crippen molar-refractivity contribution in [3.63, 3.8) is 0 Å². The van der Waals surface area contributed by atoms with Crippen molar-refractivity contribution in [2.45, 2.75) is 76.0 Å². The van der Waals surface area contributed by atoms with E-state index in [1.807, 2.05) is 53.7 Å². The summed E-state index contributed by atoms with van der Waals surface area (Å²) in [6.45, 7) is 14.1. The lowest BCUT2D eigenvalue weighted by Crippen LogP contribution is -2.31. The molecule has 2 aliphatic heterocycles. The molecule has 1 aromatic carbocycles. The molecule has 380 valence electrons. The van der Waals surface area contributed by atoms with Crippen LogP contribution in [0.15, 0.2) is 69.6 Å². The number of hydrogen-bond acceptors (Lipinski definition) is 14. The van der Waals surface area contributed by atoms with E-state index in [9.17, 15) is 43.7 Å². The Kier molecular flexibility index (Phi) is 21.4. The summed E-state index contributed by atoms with van der Waals surface area (Å²) in [5.41, 5.74) is 2.38. The molecule has 4 N–H and O–H groups in total. The molecule has 1 unspecified atom stereocenters. The maximum Gasteiger partial charge on any atom is 0.305 e. The second-order valence-electron chi connectivity index (χ2n) is 17.4. The minimum atomic E-state index is -4.62. The molecule has 0 aromatic heterocycles. The molecule has 19 nitrogen and oxygen atoms in total. The zero-order valence-corrected chi connectivity index (χ0v) is 41.9. The first-order valence-electron chi connectivity index (χ1n) is 22.4. The van der Waals surface area contributed by atoms with Crippen molar-refractivity contribution in [3.8, 4) is 11.3 Å². The lowest BCUT2D eigenvalue weighted by atomic mass is 9.77. The van der Waals surface area contributed by atoms with Gasteiger partial charge in [-0.15, -0.1) is 0 Å². The van der Waals surface area contributed by atoms with E-state index in [4.69, 9.17) is 33.2 Å². The van der Waals surface area contributed by atoms with Crippen molar-refractivity contribution in [2.75, 3.05) is 102 Å². The number of anilines is 1. The molecule has 68 heavy (non-hydrogen) atoms. The Labute approximate surface area is 400 Å². The zero-order valence-electron chi connectivity index (χ0n) is 39.4. The monoisotopic (exact) mass is 1020 g/mol. The summed E-state index contributed by atoms with van der Waals surface area (Å²) in [6, 6.07) is 12.0. The summed E-state index contributed by atoms with van der Waals surface area (Å²) in [5, 5.41) is 9.43. The second-order valence-corrected chi connectivity index (χ2v) is 21.9. The average Bonchev–Trinajstić information content (AvgIpc) is 3.46. The average molecular weight is 1020 g/mol. The molecular formula is C46H67N2O17S3+. The van der Waals surface area contributed by atoms with E-state index in [1.165, 1.54) is 12.1 Å². The molecule has 1 aliphatic carbocycles. The van der Waals surface area contributed by atoms with E-state index in [1.54, 1.807) is 18.2 Å². The number of benzene rings is 2. The summed E-state index contributed by atoms with van der Waals surface area (Å²) in [6.07, 6.45) is 5.78. The summed E-state index contributed by atoms with van der Waals surface area (Å²) >= 11 is 0. The SMILES string of the molecule is CC[N+](CCCS(=O)(=O)O)=c1ccc2c(C(C)(C)C)cc(C=CC=C3N(CCOCCOCCOCCOCCOCCC(=O)O)c4ccc(S(=O)(=O)O)cc4C3(C)CCCS(=O)(=O)O)oc-2c1. The predicted molar refractivity (Wildman–Crippen MR) is 256 cm³/mol. The van der Waals surface area contributed by atoms with Crippen LogP contribution in [-0.2, 0) is 69.7 Å². The molecule has 0 saturated heterocycles. The Bertz CT molecular complexity index is 2580. The van der Waals surface area contributed by atoms with Crippen molar-refractivity contribution >= 4 is 48.1 Å². The van der Waals surface area contributed by atoms with Crippen LogP contribution in [0.2, 0.25) is 0 Å². The number of aliphatic carboxylic acids is 1. The molecule has 0 radical (unpaired) electrons. The molecule has 2 heterocycles. The summed E-state index contributed by atoms with van der Waals surface area (Å²) < 4.78 is 136. The van der Waals surface area contributed by atoms with Gasteiger partial charge in [0.2, 0.25) is 5.36 Å². The van der Waals surface area contributed by atoms with Crippen LogP contribution in [0, 0.1) is 0 Å². The van der Waals surface area contributed by atoms with Gasteiger partial charge >= 0.3 is 5.97 Å². The van der Waals surface area contributed by atoms with Gasteiger partial charge in [0, 0.05) is 41.4 Å². The standard InChI is InChI=1S/C46H66N2O17S3/c1-6-47(18-9-31-67(54,55)56)35-12-14-38-39(45(2,3)4)33-36(65-42(38)32-35)10-7-11-43-46(5,17-8-30-66(51,52)53)40-34-37(68(57,58)59)13-15-41(40)48(43)19-21-61-23-25-63-27-29-64-28-26-62-24-22-60-20-16-44(49)50/h7,10-15,32-34H,6,8-9,16-31H2,1-5H3,(H3-,49,50,51,52,53,54,55,56,57,58,59)/p+1. The van der Waals surface area contributed by atoms with E-state index < -0.39 is 47.5 Å². The molecule has 0 bridgehead atoms. The van der Waals surface area contributed by atoms with Gasteiger partial charge < -0.3 is 38.1 Å². The molecule has 0 saturated carbocycles. The van der Waals surface area contributed by atoms with E-state index in [0.29, 0.717) is 74.6 Å². The fourth-order valence-corrected chi connectivity index (χ4v) is 9.35. The molecule has 0 spiro atoms. The van der Waals surface area contributed by atoms with Crippen molar-refractivity contribution in [1.82, 2.24) is 4.58 Å². The minimum Gasteiger partial charge on any atom is -0.481 e. The van der Waals surface area contributed by atoms with E-state index >= 15 is 0 Å². The third-order valence-corrected chi connectivity index (χ3v) is 13.6. The van der Waals surface area contributed by atoms with Crippen LogP contribution in [0.4, 0.5) is 5.69 Å². The zero-order chi connectivity index (χ0) is 50.2. The van der Waals surface area contributed by atoms with E-state index in [2.05, 4.69) is 20.8 Å². The van der Waals surface area contributed by atoms with Crippen LogP contribution in [0.25, 0.3) is 17.4 Å².